The van der Waals surface area contributed by atoms with E-state index in [0.717, 1.165) is 45.1 Å². The van der Waals surface area contributed by atoms with Crippen molar-refractivity contribution in [2.75, 3.05) is 0 Å². The molecule has 41 heavy (non-hydrogen) atoms. The molecule has 9 aromatic rings. The van der Waals surface area contributed by atoms with E-state index in [2.05, 4.69) is 104 Å². The van der Waals surface area contributed by atoms with E-state index in [9.17, 15) is 0 Å². The third-order valence-corrected chi connectivity index (χ3v) is 8.90. The lowest BCUT2D eigenvalue weighted by Gasteiger charge is -2.11. The van der Waals surface area contributed by atoms with Gasteiger partial charge in [-0.3, -0.25) is 14.4 Å². The van der Waals surface area contributed by atoms with Crippen LogP contribution in [0.15, 0.2) is 116 Å². The van der Waals surface area contributed by atoms with Crippen molar-refractivity contribution in [3.05, 3.63) is 127 Å². The number of para-hydroxylation sites is 1. The van der Waals surface area contributed by atoms with Gasteiger partial charge in [0.25, 0.3) is 0 Å². The van der Waals surface area contributed by atoms with Crippen LogP contribution in [-0.2, 0) is 6.42 Å². The van der Waals surface area contributed by atoms with Gasteiger partial charge < -0.3 is 4.57 Å². The zero-order chi connectivity index (χ0) is 26.7. The van der Waals surface area contributed by atoms with E-state index < -0.39 is 0 Å². The third-order valence-electron chi connectivity index (χ3n) is 8.90. The molecule has 5 aromatic heterocycles. The van der Waals surface area contributed by atoms with E-state index in [0.29, 0.717) is 0 Å². The summed E-state index contributed by atoms with van der Waals surface area (Å²) >= 11 is 0. The number of imidazole rings is 1. The van der Waals surface area contributed by atoms with Gasteiger partial charge >= 0.3 is 0 Å². The highest BCUT2D eigenvalue weighted by atomic mass is 15.0. The van der Waals surface area contributed by atoms with Crippen LogP contribution in [0.3, 0.4) is 0 Å². The quantitative estimate of drug-likeness (QED) is 0.204. The van der Waals surface area contributed by atoms with Gasteiger partial charge in [-0.05, 0) is 76.5 Å². The first-order chi connectivity index (χ1) is 20.3. The van der Waals surface area contributed by atoms with Crippen LogP contribution in [0.1, 0.15) is 11.1 Å². The minimum atomic E-state index is 0.883. The molecule has 0 saturated carbocycles. The largest absolute Gasteiger partial charge is 0.309 e. The lowest BCUT2D eigenvalue weighted by Crippen LogP contribution is -1.95. The molecule has 10 rings (SSSR count). The molecule has 190 valence electrons. The van der Waals surface area contributed by atoms with Crippen LogP contribution in [0, 0.1) is 0 Å². The lowest BCUT2D eigenvalue weighted by atomic mass is 9.99. The van der Waals surface area contributed by atoms with E-state index in [1.165, 1.54) is 49.4 Å². The number of benzene rings is 4. The van der Waals surface area contributed by atoms with E-state index >= 15 is 0 Å². The standard InChI is InChI=1S/C36H21N5/c1-2-7-22(8-3-1)40-32-11-10-24-23-9-5-4-6-21(23)16-27(24)35(32)29-17-28-26(18-33(29)40)25-12-14-38-20-34(25)41-31-13-15-37-19-30(31)39-36(28)41/h1-15,17-20H,16H2. The predicted octanol–water partition coefficient (Wildman–Crippen LogP) is 8.25. The molecule has 0 atom stereocenters. The molecule has 5 heterocycles. The van der Waals surface area contributed by atoms with Crippen LogP contribution in [0.5, 0.6) is 0 Å². The number of pyridine rings is 3. The Labute approximate surface area is 234 Å². The molecular weight excluding hydrogens is 502 g/mol. The average Bonchev–Trinajstić information content (AvgIpc) is 3.70. The molecular formula is C36H21N5. The van der Waals surface area contributed by atoms with E-state index in [1.807, 2.05) is 30.9 Å². The van der Waals surface area contributed by atoms with Crippen molar-refractivity contribution in [2.24, 2.45) is 0 Å². The normalized spacial score (nSPS) is 12.8. The molecule has 1 aliphatic carbocycles. The van der Waals surface area contributed by atoms with Gasteiger partial charge in [0, 0.05) is 39.6 Å². The lowest BCUT2D eigenvalue weighted by molar-refractivity contribution is 1.18. The SMILES string of the molecule is c1ccc(-n2c3cc4c5ccncc5n5c6ccncc6nc5c4cc3c3c4c(ccc32)-c2ccccc2C4)cc1. The summed E-state index contributed by atoms with van der Waals surface area (Å²) in [4.78, 5) is 14.0. The number of aromatic nitrogens is 5. The number of fused-ring (bicyclic) bond motifs is 15. The molecule has 1 aliphatic rings. The molecule has 0 bridgehead atoms. The van der Waals surface area contributed by atoms with Gasteiger partial charge in [-0.1, -0.05) is 48.5 Å². The second-order valence-corrected chi connectivity index (χ2v) is 10.9. The second kappa shape index (κ2) is 7.55. The molecule has 0 spiro atoms. The van der Waals surface area contributed by atoms with Crippen LogP contribution in [-0.4, -0.2) is 23.9 Å². The molecule has 0 amide bonds. The predicted molar refractivity (Wildman–Crippen MR) is 166 cm³/mol. The Morgan fingerprint density at radius 3 is 2.39 bits per heavy atom. The summed E-state index contributed by atoms with van der Waals surface area (Å²) in [5.41, 5.74) is 13.0. The van der Waals surface area contributed by atoms with Gasteiger partial charge in [0.2, 0.25) is 0 Å². The molecule has 5 nitrogen and oxygen atoms in total. The van der Waals surface area contributed by atoms with Gasteiger partial charge in [0.1, 0.15) is 11.2 Å². The van der Waals surface area contributed by atoms with Crippen LogP contribution in [0.25, 0.3) is 77.0 Å². The van der Waals surface area contributed by atoms with Crippen molar-refractivity contribution in [1.29, 1.82) is 0 Å². The van der Waals surface area contributed by atoms with E-state index in [4.69, 9.17) is 4.98 Å². The summed E-state index contributed by atoms with van der Waals surface area (Å²) in [6.07, 6.45) is 8.45. The summed E-state index contributed by atoms with van der Waals surface area (Å²) in [6.45, 7) is 0. The highest BCUT2D eigenvalue weighted by Gasteiger charge is 2.25. The number of hydrogen-bond acceptors (Lipinski definition) is 3. The van der Waals surface area contributed by atoms with Gasteiger partial charge in [-0.25, -0.2) is 4.98 Å². The zero-order valence-corrected chi connectivity index (χ0v) is 21.9. The van der Waals surface area contributed by atoms with Gasteiger partial charge in [0.15, 0.2) is 0 Å². The van der Waals surface area contributed by atoms with Crippen LogP contribution >= 0.6 is 0 Å². The Balaban J connectivity index is 1.45. The maximum atomic E-state index is 5.12. The summed E-state index contributed by atoms with van der Waals surface area (Å²) < 4.78 is 4.67. The van der Waals surface area contributed by atoms with Gasteiger partial charge in [-0.15, -0.1) is 0 Å². The Bertz CT molecular complexity index is 2550. The van der Waals surface area contributed by atoms with Gasteiger partial charge in [0.05, 0.1) is 34.5 Å². The van der Waals surface area contributed by atoms with Crippen LogP contribution in [0.2, 0.25) is 0 Å². The summed E-state index contributed by atoms with van der Waals surface area (Å²) in [6, 6.07) is 33.1. The molecule has 0 aliphatic heterocycles. The minimum absolute atomic E-state index is 0.883. The summed E-state index contributed by atoms with van der Waals surface area (Å²) in [7, 11) is 0. The Morgan fingerprint density at radius 1 is 0.585 bits per heavy atom. The fourth-order valence-corrected chi connectivity index (χ4v) is 7.20. The Kier molecular flexibility index (Phi) is 3.92. The fraction of sp³-hybridized carbons (Fsp3) is 0.0278. The van der Waals surface area contributed by atoms with Crippen molar-refractivity contribution in [3.63, 3.8) is 0 Å². The van der Waals surface area contributed by atoms with Crippen molar-refractivity contribution in [2.45, 2.75) is 6.42 Å². The first-order valence-corrected chi connectivity index (χ1v) is 13.9. The summed E-state index contributed by atoms with van der Waals surface area (Å²) in [5, 5.41) is 6.04. The topological polar surface area (TPSA) is 48.0 Å². The van der Waals surface area contributed by atoms with Gasteiger partial charge in [-0.2, -0.15) is 0 Å². The maximum Gasteiger partial charge on any atom is 0.146 e. The molecule has 0 saturated heterocycles. The highest BCUT2D eigenvalue weighted by Crippen LogP contribution is 2.46. The monoisotopic (exact) mass is 523 g/mol. The number of hydrogen-bond donors (Lipinski definition) is 0. The number of nitrogens with zero attached hydrogens (tertiary/aromatic N) is 5. The molecule has 0 radical (unpaired) electrons. The van der Waals surface area contributed by atoms with Crippen molar-refractivity contribution in [3.8, 4) is 16.8 Å². The zero-order valence-electron chi connectivity index (χ0n) is 21.9. The first-order valence-electron chi connectivity index (χ1n) is 13.9. The van der Waals surface area contributed by atoms with Crippen molar-refractivity contribution < 1.29 is 0 Å². The minimum Gasteiger partial charge on any atom is -0.309 e. The number of rotatable bonds is 1. The molecule has 0 unspecified atom stereocenters. The van der Waals surface area contributed by atoms with Crippen molar-refractivity contribution in [1.82, 2.24) is 23.9 Å². The van der Waals surface area contributed by atoms with E-state index in [1.54, 1.807) is 0 Å². The molecule has 0 fully saturated rings. The van der Waals surface area contributed by atoms with Crippen LogP contribution < -0.4 is 0 Å². The Hall–Kier alpha value is -5.55. The third kappa shape index (κ3) is 2.68. The van der Waals surface area contributed by atoms with Crippen molar-refractivity contribution >= 4 is 60.2 Å². The molecule has 4 aromatic carbocycles. The fourth-order valence-electron chi connectivity index (χ4n) is 7.20. The van der Waals surface area contributed by atoms with Crippen LogP contribution in [0.4, 0.5) is 0 Å². The smallest absolute Gasteiger partial charge is 0.146 e. The summed E-state index contributed by atoms with van der Waals surface area (Å²) in [5.74, 6) is 0. The first kappa shape index (κ1) is 21.3. The molecule has 5 heteroatoms. The Morgan fingerprint density at radius 2 is 1.44 bits per heavy atom. The second-order valence-electron chi connectivity index (χ2n) is 10.9. The maximum absolute atomic E-state index is 5.12. The molecule has 0 N–H and O–H groups in total. The highest BCUT2D eigenvalue weighted by molar-refractivity contribution is 6.22. The van der Waals surface area contributed by atoms with E-state index in [-0.39, 0.29) is 0 Å². The average molecular weight is 524 g/mol.